The van der Waals surface area contributed by atoms with Gasteiger partial charge in [0.15, 0.2) is 0 Å². The third-order valence-corrected chi connectivity index (χ3v) is 5.07. The Kier molecular flexibility index (Phi) is 3.92. The highest BCUT2D eigenvalue weighted by molar-refractivity contribution is 5.63. The van der Waals surface area contributed by atoms with Crippen LogP contribution in [0.5, 0.6) is 0 Å². The second-order valence-electron chi connectivity index (χ2n) is 6.45. The predicted octanol–water partition coefficient (Wildman–Crippen LogP) is 3.03. The lowest BCUT2D eigenvalue weighted by atomic mass is 10.0. The van der Waals surface area contributed by atoms with E-state index in [9.17, 15) is 0 Å². The minimum Gasteiger partial charge on any atom is -0.302 e. The number of hydrogen-bond acceptors (Lipinski definition) is 3. The molecule has 3 fully saturated rings. The van der Waals surface area contributed by atoms with E-state index in [1.807, 2.05) is 6.20 Å². The summed E-state index contributed by atoms with van der Waals surface area (Å²) >= 11 is 0. The molecule has 1 aromatic carbocycles. The van der Waals surface area contributed by atoms with E-state index >= 15 is 0 Å². The third kappa shape index (κ3) is 2.92. The van der Waals surface area contributed by atoms with Crippen LogP contribution >= 0.6 is 0 Å². The van der Waals surface area contributed by atoms with Gasteiger partial charge in [0.2, 0.25) is 0 Å². The van der Waals surface area contributed by atoms with Crippen LogP contribution in [0.4, 0.5) is 0 Å². The molecule has 114 valence electrons. The van der Waals surface area contributed by atoms with Crippen molar-refractivity contribution in [3.63, 3.8) is 0 Å². The average molecular weight is 293 g/mol. The molecule has 22 heavy (non-hydrogen) atoms. The molecule has 1 aromatic heterocycles. The summed E-state index contributed by atoms with van der Waals surface area (Å²) in [6.45, 7) is 5.94. The highest BCUT2D eigenvalue weighted by Gasteiger charge is 2.28. The van der Waals surface area contributed by atoms with E-state index in [0.717, 1.165) is 12.6 Å². The Morgan fingerprint density at radius 1 is 0.909 bits per heavy atom. The molecule has 3 nitrogen and oxygen atoms in total. The fraction of sp³-hybridized carbons (Fsp3) is 0.421. The zero-order chi connectivity index (χ0) is 14.8. The maximum atomic E-state index is 4.62. The maximum absolute atomic E-state index is 4.62. The van der Waals surface area contributed by atoms with Crippen LogP contribution in [0.1, 0.15) is 18.5 Å². The van der Waals surface area contributed by atoms with Gasteiger partial charge in [-0.3, -0.25) is 9.88 Å². The van der Waals surface area contributed by atoms with Gasteiger partial charge in [0.05, 0.1) is 5.69 Å². The normalized spacial score (nSPS) is 25.1. The summed E-state index contributed by atoms with van der Waals surface area (Å²) in [6.07, 6.45) is 4.59. The Morgan fingerprint density at radius 2 is 1.73 bits per heavy atom. The lowest BCUT2D eigenvalue weighted by molar-refractivity contribution is 0.175. The summed E-state index contributed by atoms with van der Waals surface area (Å²) < 4.78 is 0. The van der Waals surface area contributed by atoms with Gasteiger partial charge in [-0.25, -0.2) is 0 Å². The monoisotopic (exact) mass is 293 g/mol. The minimum atomic E-state index is 0.751. The second kappa shape index (κ2) is 6.19. The highest BCUT2D eigenvalue weighted by atomic mass is 15.3. The molecule has 3 aliphatic rings. The Labute approximate surface area is 132 Å². The molecule has 0 unspecified atom stereocenters. The third-order valence-electron chi connectivity index (χ3n) is 5.07. The predicted molar refractivity (Wildman–Crippen MR) is 89.5 cm³/mol. The molecule has 5 rings (SSSR count). The molecule has 2 aromatic rings. The van der Waals surface area contributed by atoms with Crippen molar-refractivity contribution in [1.29, 1.82) is 0 Å². The molecule has 0 spiro atoms. The number of hydrogen-bond donors (Lipinski definition) is 0. The quantitative estimate of drug-likeness (QED) is 0.867. The van der Waals surface area contributed by atoms with Crippen molar-refractivity contribution in [3.8, 4) is 11.1 Å². The van der Waals surface area contributed by atoms with E-state index in [1.54, 1.807) is 0 Å². The van der Waals surface area contributed by atoms with Gasteiger partial charge in [0, 0.05) is 31.9 Å². The van der Waals surface area contributed by atoms with Crippen molar-refractivity contribution in [3.05, 3.63) is 54.4 Å². The van der Waals surface area contributed by atoms with Gasteiger partial charge in [0.1, 0.15) is 0 Å². The molecule has 4 heterocycles. The zero-order valence-corrected chi connectivity index (χ0v) is 13.0. The highest BCUT2D eigenvalue weighted by Crippen LogP contribution is 2.24. The van der Waals surface area contributed by atoms with Gasteiger partial charge >= 0.3 is 0 Å². The van der Waals surface area contributed by atoms with Crippen LogP contribution in [-0.2, 0) is 6.54 Å². The lowest BCUT2D eigenvalue weighted by Crippen LogP contribution is -2.37. The van der Waals surface area contributed by atoms with E-state index in [1.165, 1.54) is 55.8 Å². The number of benzene rings is 1. The average Bonchev–Trinajstić information content (AvgIpc) is 2.90. The van der Waals surface area contributed by atoms with Crippen LogP contribution in [-0.4, -0.2) is 47.0 Å². The van der Waals surface area contributed by atoms with Gasteiger partial charge in [-0.2, -0.15) is 0 Å². The molecule has 0 aliphatic carbocycles. The first-order chi connectivity index (χ1) is 10.9. The van der Waals surface area contributed by atoms with E-state index in [-0.39, 0.29) is 0 Å². The number of fused-ring (bicyclic) bond motifs is 4. The molecule has 3 saturated heterocycles. The number of pyridine rings is 1. The number of aromatic nitrogens is 1. The van der Waals surface area contributed by atoms with E-state index in [2.05, 4.69) is 57.2 Å². The molecule has 0 saturated carbocycles. The molecule has 0 atom stereocenters. The summed E-state index contributed by atoms with van der Waals surface area (Å²) in [6, 6.07) is 15.7. The van der Waals surface area contributed by atoms with Crippen molar-refractivity contribution < 1.29 is 0 Å². The van der Waals surface area contributed by atoms with Crippen LogP contribution < -0.4 is 0 Å². The number of rotatable bonds is 3. The smallest absolute Gasteiger partial charge is 0.0550 e. The fourth-order valence-corrected chi connectivity index (χ4v) is 3.75. The fourth-order valence-electron chi connectivity index (χ4n) is 3.75. The lowest BCUT2D eigenvalue weighted by Gasteiger charge is -2.31. The molecule has 0 N–H and O–H groups in total. The van der Waals surface area contributed by atoms with Crippen molar-refractivity contribution >= 4 is 0 Å². The van der Waals surface area contributed by atoms with Crippen LogP contribution in [0, 0.1) is 0 Å². The molecule has 2 bridgehead atoms. The van der Waals surface area contributed by atoms with E-state index in [4.69, 9.17) is 0 Å². The second-order valence-corrected chi connectivity index (χ2v) is 6.45. The molecular weight excluding hydrogens is 270 g/mol. The topological polar surface area (TPSA) is 19.4 Å². The Hall–Kier alpha value is -1.71. The van der Waals surface area contributed by atoms with Gasteiger partial charge in [-0.05, 0) is 49.2 Å². The Morgan fingerprint density at radius 3 is 2.55 bits per heavy atom. The Balaban J connectivity index is 1.53. The minimum absolute atomic E-state index is 0.751. The van der Waals surface area contributed by atoms with Gasteiger partial charge < -0.3 is 4.90 Å². The zero-order valence-electron chi connectivity index (χ0n) is 13.0. The van der Waals surface area contributed by atoms with Crippen molar-refractivity contribution in [2.24, 2.45) is 0 Å². The summed E-state index contributed by atoms with van der Waals surface area (Å²) in [7, 11) is 0. The van der Waals surface area contributed by atoms with Gasteiger partial charge in [-0.1, -0.05) is 30.3 Å². The van der Waals surface area contributed by atoms with E-state index in [0.29, 0.717) is 0 Å². The number of piperidine rings is 1. The molecule has 0 amide bonds. The first-order valence-electron chi connectivity index (χ1n) is 8.35. The molecule has 0 radical (unpaired) electrons. The number of nitrogens with zero attached hydrogens (tertiary/aromatic N) is 3. The van der Waals surface area contributed by atoms with Crippen LogP contribution in [0.2, 0.25) is 0 Å². The molecular formula is C19H23N3. The Bertz CT molecular complexity index is 618. The summed E-state index contributed by atoms with van der Waals surface area (Å²) in [5.41, 5.74) is 3.74. The van der Waals surface area contributed by atoms with Crippen molar-refractivity contribution in [2.45, 2.75) is 25.4 Å². The van der Waals surface area contributed by atoms with Crippen molar-refractivity contribution in [1.82, 2.24) is 14.8 Å². The van der Waals surface area contributed by atoms with Crippen LogP contribution in [0.15, 0.2) is 48.7 Å². The molecule has 3 aliphatic heterocycles. The summed E-state index contributed by atoms with van der Waals surface area (Å²) in [5.74, 6) is 0. The maximum Gasteiger partial charge on any atom is 0.0550 e. The molecule has 3 heteroatoms. The summed E-state index contributed by atoms with van der Waals surface area (Å²) in [5, 5.41) is 0. The van der Waals surface area contributed by atoms with Gasteiger partial charge in [0.25, 0.3) is 0 Å². The first kappa shape index (κ1) is 13.9. The van der Waals surface area contributed by atoms with Crippen molar-refractivity contribution in [2.75, 3.05) is 26.2 Å². The van der Waals surface area contributed by atoms with Crippen LogP contribution in [0.25, 0.3) is 11.1 Å². The largest absolute Gasteiger partial charge is 0.302 e. The van der Waals surface area contributed by atoms with Gasteiger partial charge in [-0.15, -0.1) is 0 Å². The van der Waals surface area contributed by atoms with Crippen LogP contribution in [0.3, 0.4) is 0 Å². The SMILES string of the molecule is c1ccc(-c2ccnc(CN3CCN4CCC3CC4)c2)cc1. The standard InChI is InChI=1S/C19H23N3/c1-2-4-16(5-3-1)17-6-9-20-18(14-17)15-22-13-12-21-10-7-19(22)8-11-21/h1-6,9,14,19H,7-8,10-13,15H2. The van der Waals surface area contributed by atoms with E-state index < -0.39 is 0 Å². The first-order valence-corrected chi connectivity index (χ1v) is 8.35. The summed E-state index contributed by atoms with van der Waals surface area (Å²) in [4.78, 5) is 9.86.